The molecular formula is C19H22N2OS. The summed E-state index contributed by atoms with van der Waals surface area (Å²) in [5.74, 6) is 2.18. The number of thioether (sulfide) groups is 1. The number of carbonyl (C=O) groups is 1. The van der Waals surface area contributed by atoms with Crippen molar-refractivity contribution in [3.05, 3.63) is 71.8 Å². The molecule has 0 aliphatic carbocycles. The standard InChI is InChI=1S/C19H22N2OS/c22-19(17-9-5-2-6-10-17)21(13-18-14-23-15-20-18)12-11-16-7-3-1-4-8-16/h1-10,18,20H,11-15H2/t18-/m1/s1. The molecule has 2 aromatic carbocycles. The molecule has 0 spiro atoms. The zero-order chi connectivity index (χ0) is 15.9. The molecule has 0 aromatic heterocycles. The first kappa shape index (κ1) is 16.1. The second-order valence-electron chi connectivity index (χ2n) is 5.77. The van der Waals surface area contributed by atoms with Crippen molar-refractivity contribution in [1.82, 2.24) is 10.2 Å². The Morgan fingerprint density at radius 2 is 1.78 bits per heavy atom. The van der Waals surface area contributed by atoms with Crippen molar-refractivity contribution in [2.24, 2.45) is 0 Å². The number of hydrogen-bond donors (Lipinski definition) is 1. The van der Waals surface area contributed by atoms with E-state index in [0.29, 0.717) is 6.04 Å². The van der Waals surface area contributed by atoms with E-state index in [1.54, 1.807) is 0 Å². The van der Waals surface area contributed by atoms with Gasteiger partial charge in [0.1, 0.15) is 0 Å². The largest absolute Gasteiger partial charge is 0.337 e. The second kappa shape index (κ2) is 8.18. The maximum atomic E-state index is 12.8. The van der Waals surface area contributed by atoms with Gasteiger partial charge in [-0.2, -0.15) is 0 Å². The molecule has 1 N–H and O–H groups in total. The van der Waals surface area contributed by atoms with Crippen LogP contribution in [0.1, 0.15) is 15.9 Å². The number of benzene rings is 2. The van der Waals surface area contributed by atoms with E-state index in [-0.39, 0.29) is 5.91 Å². The maximum Gasteiger partial charge on any atom is 0.253 e. The topological polar surface area (TPSA) is 32.3 Å². The van der Waals surface area contributed by atoms with E-state index in [4.69, 9.17) is 0 Å². The van der Waals surface area contributed by atoms with Crippen LogP contribution in [-0.2, 0) is 6.42 Å². The first-order valence-corrected chi connectivity index (χ1v) is 9.18. The molecule has 0 bridgehead atoms. The highest BCUT2D eigenvalue weighted by molar-refractivity contribution is 7.99. The summed E-state index contributed by atoms with van der Waals surface area (Å²) in [7, 11) is 0. The summed E-state index contributed by atoms with van der Waals surface area (Å²) in [5.41, 5.74) is 2.04. The zero-order valence-corrected chi connectivity index (χ0v) is 14.0. The Balaban J connectivity index is 1.69. The summed E-state index contributed by atoms with van der Waals surface area (Å²) in [6, 6.07) is 20.3. The molecule has 3 nitrogen and oxygen atoms in total. The van der Waals surface area contributed by atoms with Gasteiger partial charge in [-0.15, -0.1) is 11.8 Å². The molecule has 23 heavy (non-hydrogen) atoms. The second-order valence-corrected chi connectivity index (χ2v) is 6.80. The SMILES string of the molecule is O=C(c1ccccc1)N(CCc1ccccc1)C[C@@H]1CSCN1. The van der Waals surface area contributed by atoms with Gasteiger partial charge in [0.2, 0.25) is 0 Å². The molecule has 4 heteroatoms. The summed E-state index contributed by atoms with van der Waals surface area (Å²) in [6.45, 7) is 1.52. The maximum absolute atomic E-state index is 12.8. The first-order chi connectivity index (χ1) is 11.3. The lowest BCUT2D eigenvalue weighted by Crippen LogP contribution is -2.43. The average molecular weight is 326 g/mol. The van der Waals surface area contributed by atoms with Crippen molar-refractivity contribution in [3.8, 4) is 0 Å². The van der Waals surface area contributed by atoms with Gasteiger partial charge in [0.25, 0.3) is 5.91 Å². The van der Waals surface area contributed by atoms with Crippen LogP contribution in [0, 0.1) is 0 Å². The van der Waals surface area contributed by atoms with E-state index in [1.165, 1.54) is 5.56 Å². The van der Waals surface area contributed by atoms with E-state index in [1.807, 2.05) is 65.2 Å². The Bertz CT molecular complexity index is 612. The lowest BCUT2D eigenvalue weighted by molar-refractivity contribution is 0.0746. The molecule has 3 rings (SSSR count). The first-order valence-electron chi connectivity index (χ1n) is 8.02. The van der Waals surface area contributed by atoms with Crippen molar-refractivity contribution < 1.29 is 4.79 Å². The Morgan fingerprint density at radius 3 is 2.43 bits per heavy atom. The van der Waals surface area contributed by atoms with Crippen molar-refractivity contribution in [3.63, 3.8) is 0 Å². The molecule has 1 saturated heterocycles. The fourth-order valence-electron chi connectivity index (χ4n) is 2.77. The Hall–Kier alpha value is -1.78. The molecule has 120 valence electrons. The quantitative estimate of drug-likeness (QED) is 0.885. The smallest absolute Gasteiger partial charge is 0.253 e. The van der Waals surface area contributed by atoms with Gasteiger partial charge in [-0.3, -0.25) is 4.79 Å². The van der Waals surface area contributed by atoms with Crippen LogP contribution >= 0.6 is 11.8 Å². The summed E-state index contributed by atoms with van der Waals surface area (Å²) in [6.07, 6.45) is 0.888. The van der Waals surface area contributed by atoms with Crippen molar-refractivity contribution in [1.29, 1.82) is 0 Å². The van der Waals surface area contributed by atoms with Crippen LogP contribution in [0.3, 0.4) is 0 Å². The molecule has 2 aromatic rings. The third-order valence-corrected chi connectivity index (χ3v) is 5.06. The van der Waals surface area contributed by atoms with Gasteiger partial charge in [0, 0.05) is 36.3 Å². The molecule has 1 amide bonds. The van der Waals surface area contributed by atoms with Gasteiger partial charge in [0.05, 0.1) is 0 Å². The number of hydrogen-bond acceptors (Lipinski definition) is 3. The van der Waals surface area contributed by atoms with E-state index in [0.717, 1.165) is 36.7 Å². The van der Waals surface area contributed by atoms with Crippen LogP contribution in [0.4, 0.5) is 0 Å². The van der Waals surface area contributed by atoms with E-state index in [9.17, 15) is 4.79 Å². The lowest BCUT2D eigenvalue weighted by atomic mass is 10.1. The molecule has 1 heterocycles. The van der Waals surface area contributed by atoms with Crippen LogP contribution < -0.4 is 5.32 Å². The number of amides is 1. The highest BCUT2D eigenvalue weighted by atomic mass is 32.2. The van der Waals surface area contributed by atoms with Crippen molar-refractivity contribution in [2.45, 2.75) is 12.5 Å². The fourth-order valence-corrected chi connectivity index (χ4v) is 3.75. The highest BCUT2D eigenvalue weighted by Gasteiger charge is 2.22. The minimum atomic E-state index is 0.125. The van der Waals surface area contributed by atoms with Crippen LogP contribution in [0.15, 0.2) is 60.7 Å². The van der Waals surface area contributed by atoms with E-state index < -0.39 is 0 Å². The Morgan fingerprint density at radius 1 is 1.09 bits per heavy atom. The average Bonchev–Trinajstić information content (AvgIpc) is 3.13. The highest BCUT2D eigenvalue weighted by Crippen LogP contribution is 2.14. The van der Waals surface area contributed by atoms with Crippen molar-refractivity contribution >= 4 is 17.7 Å². The van der Waals surface area contributed by atoms with Crippen LogP contribution in [0.25, 0.3) is 0 Å². The monoisotopic (exact) mass is 326 g/mol. The summed E-state index contributed by atoms with van der Waals surface area (Å²) >= 11 is 1.90. The molecule has 0 saturated carbocycles. The third kappa shape index (κ3) is 4.60. The minimum Gasteiger partial charge on any atom is -0.337 e. The van der Waals surface area contributed by atoms with E-state index in [2.05, 4.69) is 17.4 Å². The number of nitrogens with one attached hydrogen (secondary N) is 1. The minimum absolute atomic E-state index is 0.125. The number of nitrogens with zero attached hydrogens (tertiary/aromatic N) is 1. The van der Waals surface area contributed by atoms with Gasteiger partial charge < -0.3 is 10.2 Å². The van der Waals surface area contributed by atoms with Crippen LogP contribution in [0.2, 0.25) is 0 Å². The molecule has 0 radical (unpaired) electrons. The van der Waals surface area contributed by atoms with E-state index >= 15 is 0 Å². The summed E-state index contributed by atoms with van der Waals surface area (Å²) < 4.78 is 0. The zero-order valence-electron chi connectivity index (χ0n) is 13.2. The fraction of sp³-hybridized carbons (Fsp3) is 0.316. The molecular weight excluding hydrogens is 304 g/mol. The number of carbonyl (C=O) groups excluding carboxylic acids is 1. The molecule has 1 aliphatic rings. The van der Waals surface area contributed by atoms with Gasteiger partial charge in [-0.1, -0.05) is 48.5 Å². The van der Waals surface area contributed by atoms with Gasteiger partial charge >= 0.3 is 0 Å². The van der Waals surface area contributed by atoms with Gasteiger partial charge in [-0.05, 0) is 24.1 Å². The summed E-state index contributed by atoms with van der Waals surface area (Å²) in [5, 5.41) is 3.46. The summed E-state index contributed by atoms with van der Waals surface area (Å²) in [4.78, 5) is 14.8. The Labute approximate surface area is 142 Å². The van der Waals surface area contributed by atoms with Crippen LogP contribution in [-0.4, -0.2) is 41.6 Å². The third-order valence-electron chi connectivity index (χ3n) is 4.06. The lowest BCUT2D eigenvalue weighted by Gasteiger charge is -2.26. The van der Waals surface area contributed by atoms with Gasteiger partial charge in [-0.25, -0.2) is 0 Å². The predicted molar refractivity (Wildman–Crippen MR) is 96.7 cm³/mol. The van der Waals surface area contributed by atoms with Crippen LogP contribution in [0.5, 0.6) is 0 Å². The van der Waals surface area contributed by atoms with Crippen molar-refractivity contribution in [2.75, 3.05) is 24.7 Å². The van der Waals surface area contributed by atoms with Gasteiger partial charge in [0.15, 0.2) is 0 Å². The molecule has 1 atom stereocenters. The molecule has 0 unspecified atom stereocenters. The normalized spacial score (nSPS) is 17.1. The Kier molecular flexibility index (Phi) is 5.72. The molecule has 1 fully saturated rings. The number of rotatable bonds is 6. The molecule has 1 aliphatic heterocycles. The predicted octanol–water partition coefficient (Wildman–Crippen LogP) is 3.03.